The van der Waals surface area contributed by atoms with E-state index >= 15 is 0 Å². The largest absolute Gasteiger partial charge is 0.500 e. The number of ketones is 2. The second-order valence-electron chi connectivity index (χ2n) is 7.28. The van der Waals surface area contributed by atoms with Gasteiger partial charge in [-0.25, -0.2) is 0 Å². The number of carbonyl (C=O) groups is 2. The molecule has 6 heteroatoms. The number of allylic oxidation sites excluding steroid dienone is 2. The molecular formula is C23H27N2O4+. The number of hydrogen-bond donors (Lipinski definition) is 2. The van der Waals surface area contributed by atoms with Crippen molar-refractivity contribution in [3.63, 3.8) is 0 Å². The van der Waals surface area contributed by atoms with Gasteiger partial charge >= 0.3 is 0 Å². The quantitative estimate of drug-likeness (QED) is 0.276. The van der Waals surface area contributed by atoms with E-state index in [9.17, 15) is 14.7 Å². The normalized spacial score (nSPS) is 17.4. The van der Waals surface area contributed by atoms with Crippen LogP contribution >= 0.6 is 0 Å². The summed E-state index contributed by atoms with van der Waals surface area (Å²) in [4.78, 5) is 29.3. The van der Waals surface area contributed by atoms with Crippen molar-refractivity contribution in [2.75, 3.05) is 13.7 Å². The van der Waals surface area contributed by atoms with Gasteiger partial charge < -0.3 is 9.84 Å². The third-order valence-electron chi connectivity index (χ3n) is 5.06. The Kier molecular flexibility index (Phi) is 6.77. The summed E-state index contributed by atoms with van der Waals surface area (Å²) in [6.45, 7) is 2.72. The van der Waals surface area contributed by atoms with Gasteiger partial charge in [0.15, 0.2) is 17.2 Å². The van der Waals surface area contributed by atoms with Gasteiger partial charge in [0.25, 0.3) is 0 Å². The summed E-state index contributed by atoms with van der Waals surface area (Å²) in [5.74, 6) is 0.166. The minimum Gasteiger partial charge on any atom is -0.500 e. The molecule has 1 aromatic carbocycles. The van der Waals surface area contributed by atoms with Gasteiger partial charge in [0.2, 0.25) is 5.75 Å². The molecule has 3 rings (SSSR count). The Morgan fingerprint density at radius 3 is 2.86 bits per heavy atom. The number of benzene rings is 1. The second-order valence-corrected chi connectivity index (χ2v) is 7.28. The molecule has 2 heterocycles. The fourth-order valence-electron chi connectivity index (χ4n) is 3.48. The van der Waals surface area contributed by atoms with Crippen LogP contribution in [0.4, 0.5) is 5.69 Å². The van der Waals surface area contributed by atoms with Crippen molar-refractivity contribution in [3.8, 4) is 11.5 Å². The molecule has 0 radical (unpaired) electrons. The van der Waals surface area contributed by atoms with Gasteiger partial charge in [0.05, 0.1) is 19.1 Å². The van der Waals surface area contributed by atoms with E-state index in [0.717, 1.165) is 41.0 Å². The molecule has 1 unspecified atom stereocenters. The van der Waals surface area contributed by atoms with Crippen molar-refractivity contribution < 1.29 is 24.3 Å². The predicted molar refractivity (Wildman–Crippen MR) is 113 cm³/mol. The maximum Gasteiger partial charge on any atom is 0.220 e. The van der Waals surface area contributed by atoms with Crippen LogP contribution < -0.4 is 9.64 Å². The molecule has 0 saturated heterocycles. The van der Waals surface area contributed by atoms with Crippen molar-refractivity contribution in [1.29, 1.82) is 0 Å². The van der Waals surface area contributed by atoms with E-state index in [2.05, 4.69) is 11.9 Å². The van der Waals surface area contributed by atoms with Crippen LogP contribution in [0.2, 0.25) is 0 Å². The highest BCUT2D eigenvalue weighted by Crippen LogP contribution is 2.34. The monoisotopic (exact) mass is 395 g/mol. The van der Waals surface area contributed by atoms with Gasteiger partial charge in [-0.2, -0.15) is 0 Å². The molecule has 2 aliphatic rings. The summed E-state index contributed by atoms with van der Waals surface area (Å²) >= 11 is 0. The Hall–Kier alpha value is -2.99. The zero-order valence-electron chi connectivity index (χ0n) is 16.9. The first kappa shape index (κ1) is 20.7. The van der Waals surface area contributed by atoms with Crippen LogP contribution in [0.25, 0.3) is 6.08 Å². The topological polar surface area (TPSA) is 80.4 Å². The molecule has 0 aliphatic carbocycles. The summed E-state index contributed by atoms with van der Waals surface area (Å²) in [6.07, 6.45) is 12.1. The maximum absolute atomic E-state index is 12.1. The summed E-state index contributed by atoms with van der Waals surface area (Å²) in [7, 11) is 1.49. The molecule has 0 spiro atoms. The highest BCUT2D eigenvalue weighted by Gasteiger charge is 2.29. The molecule has 0 saturated carbocycles. The molecule has 0 fully saturated rings. The van der Waals surface area contributed by atoms with Gasteiger partial charge in [-0.1, -0.05) is 25.8 Å². The molecular weight excluding hydrogens is 368 g/mol. The van der Waals surface area contributed by atoms with Crippen molar-refractivity contribution >= 4 is 29.0 Å². The first-order valence-corrected chi connectivity index (χ1v) is 9.97. The minimum absolute atomic E-state index is 0.0226. The van der Waals surface area contributed by atoms with E-state index in [1.807, 2.05) is 18.3 Å². The number of methoxy groups -OCH3 is 1. The maximum atomic E-state index is 12.1. The Bertz CT molecular complexity index is 925. The van der Waals surface area contributed by atoms with Crippen molar-refractivity contribution in [3.05, 3.63) is 47.8 Å². The number of Topliss-reactive ketones (excluding diaryl/α,β-unsaturated/α-hetero) is 1. The smallest absolute Gasteiger partial charge is 0.220 e. The predicted octanol–water partition coefficient (Wildman–Crippen LogP) is 2.90. The summed E-state index contributed by atoms with van der Waals surface area (Å²) in [5.41, 5.74) is 3.42. The zero-order chi connectivity index (χ0) is 20.8. The average molecular weight is 395 g/mol. The van der Waals surface area contributed by atoms with Crippen LogP contribution in [0.5, 0.6) is 11.5 Å². The minimum atomic E-state index is -0.218. The lowest BCUT2D eigenvalue weighted by atomic mass is 10.1. The fourth-order valence-corrected chi connectivity index (χ4v) is 3.48. The number of unbranched alkanes of at least 4 members (excludes halogenated alkanes) is 2. The summed E-state index contributed by atoms with van der Waals surface area (Å²) in [6, 6.07) is 3.50. The number of nitrogens with zero attached hydrogens (tertiary/aromatic N) is 1. The van der Waals surface area contributed by atoms with Crippen LogP contribution in [-0.2, 0) is 9.59 Å². The lowest BCUT2D eigenvalue weighted by molar-refractivity contribution is -0.760. The van der Waals surface area contributed by atoms with Crippen LogP contribution in [0, 0.1) is 0 Å². The average Bonchev–Trinajstić information content (AvgIpc) is 3.29. The zero-order valence-corrected chi connectivity index (χ0v) is 16.9. The van der Waals surface area contributed by atoms with E-state index in [1.165, 1.54) is 13.2 Å². The number of phenols is 1. The van der Waals surface area contributed by atoms with E-state index in [4.69, 9.17) is 4.74 Å². The summed E-state index contributed by atoms with van der Waals surface area (Å²) < 4.78 is 5.30. The van der Waals surface area contributed by atoms with Crippen LogP contribution in [-0.4, -0.2) is 36.0 Å². The third kappa shape index (κ3) is 5.09. The Labute approximate surface area is 170 Å². The number of nitrogens with one attached hydrogen (secondary N) is 1. The van der Waals surface area contributed by atoms with E-state index in [0.29, 0.717) is 24.4 Å². The first-order valence-electron chi connectivity index (χ1n) is 9.97. The Morgan fingerprint density at radius 2 is 2.14 bits per heavy atom. The van der Waals surface area contributed by atoms with Crippen LogP contribution in [0.3, 0.4) is 0 Å². The van der Waals surface area contributed by atoms with E-state index in [1.54, 1.807) is 18.3 Å². The van der Waals surface area contributed by atoms with Crippen LogP contribution in [0.15, 0.2) is 47.3 Å². The van der Waals surface area contributed by atoms with Crippen molar-refractivity contribution in [1.82, 2.24) is 0 Å². The van der Waals surface area contributed by atoms with E-state index < -0.39 is 0 Å². The van der Waals surface area contributed by atoms with Crippen LogP contribution in [0.1, 0.15) is 44.6 Å². The van der Waals surface area contributed by atoms with Gasteiger partial charge in [-0.3, -0.25) is 19.5 Å². The van der Waals surface area contributed by atoms with Gasteiger partial charge in [-0.05, 0) is 30.2 Å². The molecule has 6 nitrogen and oxygen atoms in total. The number of hydrogen-bond acceptors (Lipinski definition) is 5. The number of phenolic OH excluding ortho intramolecular Hbond substituents is 1. The van der Waals surface area contributed by atoms with Gasteiger partial charge in [-0.15, -0.1) is 0 Å². The summed E-state index contributed by atoms with van der Waals surface area (Å²) in [5, 5.41) is 10.6. The number of ether oxygens (including phenoxy) is 1. The molecule has 152 valence electrons. The molecule has 29 heavy (non-hydrogen) atoms. The number of aromatic hydroxyl groups is 1. The lowest BCUT2D eigenvalue weighted by Crippen LogP contribution is -3.01. The van der Waals surface area contributed by atoms with Gasteiger partial charge in [0.1, 0.15) is 24.2 Å². The van der Waals surface area contributed by atoms with Crippen molar-refractivity contribution in [2.45, 2.75) is 39.0 Å². The standard InChI is InChI=1S/C23H26N2O4/c1-3-4-5-6-18(26)13-19(27)8-7-16-11-21(23(28)22(12-16)29-2)25-14-17-9-10-24-20(17)15-25/h7-12,14,28H,3-6,13,15H2,1-2H3/p+1. The van der Waals surface area contributed by atoms with E-state index in [-0.39, 0.29) is 23.7 Å². The number of carbonyl (C=O) groups excluding carboxylic acids is 2. The molecule has 0 aromatic heterocycles. The lowest BCUT2D eigenvalue weighted by Gasteiger charge is -2.14. The first-order chi connectivity index (χ1) is 14.0. The second kappa shape index (κ2) is 9.47. The molecule has 1 atom stereocenters. The SMILES string of the molecule is CCCCCC(=O)CC(=O)C=Cc1cc(OC)c(O)c([NH+]2C=C3C=CN=C3C2)c1. The third-order valence-corrected chi connectivity index (χ3v) is 5.06. The Morgan fingerprint density at radius 1 is 1.31 bits per heavy atom. The van der Waals surface area contributed by atoms with Crippen molar-refractivity contribution in [2.24, 2.45) is 4.99 Å². The number of aliphatic imine (C=N–C) groups is 1. The molecule has 0 bridgehead atoms. The molecule has 0 amide bonds. The Balaban J connectivity index is 1.73. The fraction of sp³-hybridized carbons (Fsp3) is 0.348. The number of rotatable bonds is 10. The highest BCUT2D eigenvalue weighted by atomic mass is 16.5. The molecule has 1 aromatic rings. The van der Waals surface area contributed by atoms with Gasteiger partial charge in [0, 0.05) is 18.7 Å². The number of quaternary nitrogens is 1. The number of fused-ring (bicyclic) bond motifs is 1. The molecule has 2 aliphatic heterocycles. The highest BCUT2D eigenvalue weighted by molar-refractivity contribution is 6.07. The molecule has 2 N–H and O–H groups in total.